The summed E-state index contributed by atoms with van der Waals surface area (Å²) < 4.78 is 1.57. The highest BCUT2D eigenvalue weighted by Gasteiger charge is 2.26. The molecule has 0 aromatic carbocycles. The SMILES string of the molecule is O=C(Cn1cc(C2CC2)nn1)Nc1nccs1. The maximum Gasteiger partial charge on any atom is 0.247 e. The quantitative estimate of drug-likeness (QED) is 0.885. The van der Waals surface area contributed by atoms with Gasteiger partial charge in [-0.3, -0.25) is 4.79 Å². The van der Waals surface area contributed by atoms with Gasteiger partial charge in [0.2, 0.25) is 5.91 Å². The Morgan fingerprint density at radius 1 is 1.59 bits per heavy atom. The predicted molar refractivity (Wildman–Crippen MR) is 62.7 cm³/mol. The van der Waals surface area contributed by atoms with Crippen LogP contribution in [0.5, 0.6) is 0 Å². The molecule has 0 saturated heterocycles. The number of carbonyl (C=O) groups is 1. The molecule has 1 N–H and O–H groups in total. The van der Waals surface area contributed by atoms with Crippen LogP contribution in [-0.2, 0) is 11.3 Å². The van der Waals surface area contributed by atoms with E-state index >= 15 is 0 Å². The van der Waals surface area contributed by atoms with E-state index in [1.54, 1.807) is 10.9 Å². The van der Waals surface area contributed by atoms with Gasteiger partial charge in [-0.1, -0.05) is 5.21 Å². The van der Waals surface area contributed by atoms with E-state index < -0.39 is 0 Å². The smallest absolute Gasteiger partial charge is 0.247 e. The summed E-state index contributed by atoms with van der Waals surface area (Å²) in [6, 6.07) is 0. The van der Waals surface area contributed by atoms with Gasteiger partial charge in [0, 0.05) is 23.7 Å². The minimum atomic E-state index is -0.132. The number of carbonyl (C=O) groups excluding carboxylic acids is 1. The van der Waals surface area contributed by atoms with Gasteiger partial charge in [-0.05, 0) is 12.8 Å². The monoisotopic (exact) mass is 249 g/mol. The minimum Gasteiger partial charge on any atom is -0.300 e. The lowest BCUT2D eigenvalue weighted by molar-refractivity contribution is -0.116. The average molecular weight is 249 g/mol. The molecule has 0 radical (unpaired) electrons. The van der Waals surface area contributed by atoms with E-state index in [1.807, 2.05) is 11.6 Å². The Morgan fingerprint density at radius 3 is 3.18 bits per heavy atom. The zero-order valence-electron chi connectivity index (χ0n) is 9.04. The fourth-order valence-electron chi connectivity index (χ4n) is 1.55. The van der Waals surface area contributed by atoms with Crippen molar-refractivity contribution in [3.05, 3.63) is 23.5 Å². The molecule has 1 saturated carbocycles. The molecule has 2 aromatic heterocycles. The van der Waals surface area contributed by atoms with E-state index in [0.717, 1.165) is 5.69 Å². The molecule has 2 aromatic rings. The molecule has 3 rings (SSSR count). The van der Waals surface area contributed by atoms with E-state index in [0.29, 0.717) is 11.0 Å². The summed E-state index contributed by atoms with van der Waals surface area (Å²) in [5.74, 6) is 0.429. The van der Waals surface area contributed by atoms with E-state index in [1.165, 1.54) is 24.2 Å². The Kier molecular flexibility index (Phi) is 2.60. The van der Waals surface area contributed by atoms with Crippen molar-refractivity contribution < 1.29 is 4.79 Å². The highest BCUT2D eigenvalue weighted by Crippen LogP contribution is 2.38. The number of nitrogens with one attached hydrogen (secondary N) is 1. The third-order valence-electron chi connectivity index (χ3n) is 2.54. The van der Waals surface area contributed by atoms with Crippen molar-refractivity contribution in [3.8, 4) is 0 Å². The van der Waals surface area contributed by atoms with Gasteiger partial charge in [-0.15, -0.1) is 16.4 Å². The lowest BCUT2D eigenvalue weighted by Gasteiger charge is -2.00. The molecule has 1 amide bonds. The van der Waals surface area contributed by atoms with Crippen molar-refractivity contribution >= 4 is 22.4 Å². The van der Waals surface area contributed by atoms with Crippen LogP contribution in [0.4, 0.5) is 5.13 Å². The van der Waals surface area contributed by atoms with Crippen molar-refractivity contribution in [3.63, 3.8) is 0 Å². The summed E-state index contributed by atoms with van der Waals surface area (Å²) in [5, 5.41) is 13.1. The van der Waals surface area contributed by atoms with Crippen LogP contribution in [0.2, 0.25) is 0 Å². The molecule has 2 heterocycles. The van der Waals surface area contributed by atoms with Crippen LogP contribution in [0, 0.1) is 0 Å². The second-order valence-electron chi connectivity index (χ2n) is 4.00. The Hall–Kier alpha value is -1.76. The van der Waals surface area contributed by atoms with Crippen molar-refractivity contribution in [1.82, 2.24) is 20.0 Å². The van der Waals surface area contributed by atoms with Crippen LogP contribution in [0.25, 0.3) is 0 Å². The van der Waals surface area contributed by atoms with Gasteiger partial charge in [-0.25, -0.2) is 9.67 Å². The standard InChI is InChI=1S/C10H11N5OS/c16-9(12-10-11-3-4-17-10)6-15-5-8(13-14-15)7-1-2-7/h3-5,7H,1-2,6H2,(H,11,12,16). The van der Waals surface area contributed by atoms with Crippen LogP contribution >= 0.6 is 11.3 Å². The molecular weight excluding hydrogens is 238 g/mol. The number of thiazole rings is 1. The first-order chi connectivity index (χ1) is 8.31. The van der Waals surface area contributed by atoms with Crippen LogP contribution < -0.4 is 5.32 Å². The van der Waals surface area contributed by atoms with Gasteiger partial charge in [0.05, 0.1) is 5.69 Å². The Labute approximate surface area is 102 Å². The number of anilines is 1. The van der Waals surface area contributed by atoms with E-state index in [2.05, 4.69) is 20.6 Å². The molecule has 0 bridgehead atoms. The van der Waals surface area contributed by atoms with Crippen LogP contribution in [0.3, 0.4) is 0 Å². The van der Waals surface area contributed by atoms with Crippen molar-refractivity contribution in [2.24, 2.45) is 0 Å². The molecule has 7 heteroatoms. The van der Waals surface area contributed by atoms with Crippen LogP contribution in [0.1, 0.15) is 24.5 Å². The van der Waals surface area contributed by atoms with Crippen molar-refractivity contribution in [2.75, 3.05) is 5.32 Å². The molecule has 1 fully saturated rings. The van der Waals surface area contributed by atoms with Crippen molar-refractivity contribution in [2.45, 2.75) is 25.3 Å². The molecule has 0 aliphatic heterocycles. The zero-order valence-corrected chi connectivity index (χ0v) is 9.85. The molecule has 0 spiro atoms. The lowest BCUT2D eigenvalue weighted by atomic mass is 10.3. The average Bonchev–Trinajstić information content (AvgIpc) is 2.84. The van der Waals surface area contributed by atoms with Gasteiger partial charge >= 0.3 is 0 Å². The van der Waals surface area contributed by atoms with Gasteiger partial charge in [0.1, 0.15) is 6.54 Å². The van der Waals surface area contributed by atoms with E-state index in [9.17, 15) is 4.79 Å². The largest absolute Gasteiger partial charge is 0.300 e. The molecule has 6 nitrogen and oxygen atoms in total. The summed E-state index contributed by atoms with van der Waals surface area (Å²) in [6.45, 7) is 0.180. The Bertz CT molecular complexity index is 517. The highest BCUT2D eigenvalue weighted by atomic mass is 32.1. The lowest BCUT2D eigenvalue weighted by Crippen LogP contribution is -2.18. The molecule has 1 aliphatic carbocycles. The number of hydrogen-bond acceptors (Lipinski definition) is 5. The maximum absolute atomic E-state index is 11.6. The number of hydrogen-bond donors (Lipinski definition) is 1. The van der Waals surface area contributed by atoms with Gasteiger partial charge in [0.25, 0.3) is 0 Å². The summed E-state index contributed by atoms with van der Waals surface area (Å²) >= 11 is 1.39. The topological polar surface area (TPSA) is 72.7 Å². The fourth-order valence-corrected chi connectivity index (χ4v) is 2.09. The zero-order chi connectivity index (χ0) is 11.7. The summed E-state index contributed by atoms with van der Waals surface area (Å²) in [4.78, 5) is 15.6. The molecule has 0 unspecified atom stereocenters. The van der Waals surface area contributed by atoms with Gasteiger partial charge in [-0.2, -0.15) is 0 Å². The normalized spacial score (nSPS) is 14.8. The second kappa shape index (κ2) is 4.25. The van der Waals surface area contributed by atoms with Gasteiger partial charge in [0.15, 0.2) is 5.13 Å². The molecule has 0 atom stereocenters. The maximum atomic E-state index is 11.6. The van der Waals surface area contributed by atoms with E-state index in [-0.39, 0.29) is 12.5 Å². The molecule has 17 heavy (non-hydrogen) atoms. The van der Waals surface area contributed by atoms with Crippen LogP contribution in [-0.4, -0.2) is 25.9 Å². The Morgan fingerprint density at radius 2 is 2.47 bits per heavy atom. The summed E-state index contributed by atoms with van der Waals surface area (Å²) in [6.07, 6.45) is 5.87. The first-order valence-electron chi connectivity index (χ1n) is 5.40. The van der Waals surface area contributed by atoms with Crippen molar-refractivity contribution in [1.29, 1.82) is 0 Å². The van der Waals surface area contributed by atoms with E-state index in [4.69, 9.17) is 0 Å². The first-order valence-corrected chi connectivity index (χ1v) is 6.28. The second-order valence-corrected chi connectivity index (χ2v) is 4.90. The van der Waals surface area contributed by atoms with Gasteiger partial charge < -0.3 is 5.32 Å². The first kappa shape index (κ1) is 10.4. The Balaban J connectivity index is 1.59. The summed E-state index contributed by atoms with van der Waals surface area (Å²) in [5.41, 5.74) is 0.993. The third-order valence-corrected chi connectivity index (χ3v) is 3.22. The minimum absolute atomic E-state index is 0.132. The fraction of sp³-hybridized carbons (Fsp3) is 0.400. The third kappa shape index (κ3) is 2.50. The predicted octanol–water partition coefficient (Wildman–Crippen LogP) is 1.25. The molecular formula is C10H11N5OS. The molecule has 88 valence electrons. The molecule has 1 aliphatic rings. The number of aromatic nitrogens is 4. The number of amides is 1. The highest BCUT2D eigenvalue weighted by molar-refractivity contribution is 7.13. The number of rotatable bonds is 4. The van der Waals surface area contributed by atoms with Crippen LogP contribution in [0.15, 0.2) is 17.8 Å². The summed E-state index contributed by atoms with van der Waals surface area (Å²) in [7, 11) is 0. The number of nitrogens with zero attached hydrogens (tertiary/aromatic N) is 4.